The lowest BCUT2D eigenvalue weighted by Gasteiger charge is -2.13. The number of aryl methyl sites for hydroxylation is 1. The Balaban J connectivity index is 2.26. The summed E-state index contributed by atoms with van der Waals surface area (Å²) in [4.78, 5) is 12.2. The van der Waals surface area contributed by atoms with Crippen molar-refractivity contribution in [1.82, 2.24) is 5.32 Å². The molecule has 0 fully saturated rings. The van der Waals surface area contributed by atoms with Crippen LogP contribution in [0.4, 0.5) is 5.69 Å². The van der Waals surface area contributed by atoms with Crippen LogP contribution in [-0.2, 0) is 10.0 Å². The number of carbonyl (C=O) groups excluding carboxylic acids is 1. The molecule has 6 nitrogen and oxygen atoms in total. The summed E-state index contributed by atoms with van der Waals surface area (Å²) in [6, 6.07) is 11.0. The quantitative estimate of drug-likeness (QED) is 0.793. The molecule has 0 aliphatic rings. The van der Waals surface area contributed by atoms with Gasteiger partial charge < -0.3 is 10.1 Å². The summed E-state index contributed by atoms with van der Waals surface area (Å²) < 4.78 is 32.7. The Kier molecular flexibility index (Phi) is 6.03. The van der Waals surface area contributed by atoms with Crippen molar-refractivity contribution in [3.8, 4) is 5.75 Å². The van der Waals surface area contributed by atoms with Crippen LogP contribution in [0.3, 0.4) is 0 Å². The number of benzene rings is 2. The summed E-state index contributed by atoms with van der Waals surface area (Å²) in [5.41, 5.74) is 1.51. The van der Waals surface area contributed by atoms with Crippen molar-refractivity contribution in [3.05, 3.63) is 53.6 Å². The van der Waals surface area contributed by atoms with Gasteiger partial charge in [0.25, 0.3) is 15.9 Å². The van der Waals surface area contributed by atoms with Crippen LogP contribution in [-0.4, -0.2) is 28.0 Å². The molecule has 1 amide bonds. The molecule has 2 rings (SSSR count). The maximum Gasteiger partial charge on any atom is 0.261 e. The van der Waals surface area contributed by atoms with Crippen molar-refractivity contribution in [2.45, 2.75) is 25.2 Å². The number of anilines is 1. The molecule has 0 saturated heterocycles. The average molecular weight is 362 g/mol. The lowest BCUT2D eigenvalue weighted by molar-refractivity contribution is 0.0953. The first-order valence-electron chi connectivity index (χ1n) is 7.93. The highest BCUT2D eigenvalue weighted by molar-refractivity contribution is 7.92. The van der Waals surface area contributed by atoms with E-state index in [4.69, 9.17) is 4.74 Å². The van der Waals surface area contributed by atoms with E-state index in [0.29, 0.717) is 23.5 Å². The predicted molar refractivity (Wildman–Crippen MR) is 97.6 cm³/mol. The summed E-state index contributed by atoms with van der Waals surface area (Å²) in [6.45, 7) is 4.31. The van der Waals surface area contributed by atoms with Crippen LogP contribution in [0.5, 0.6) is 5.75 Å². The van der Waals surface area contributed by atoms with E-state index in [-0.39, 0.29) is 10.8 Å². The molecule has 134 valence electrons. The number of rotatable bonds is 7. The van der Waals surface area contributed by atoms with E-state index >= 15 is 0 Å². The lowest BCUT2D eigenvalue weighted by Crippen LogP contribution is -2.24. The van der Waals surface area contributed by atoms with Crippen LogP contribution < -0.4 is 14.8 Å². The normalized spacial score (nSPS) is 11.0. The van der Waals surface area contributed by atoms with E-state index in [9.17, 15) is 13.2 Å². The first kappa shape index (κ1) is 18.8. The Bertz CT molecular complexity index is 846. The minimum atomic E-state index is -3.76. The fourth-order valence-corrected chi connectivity index (χ4v) is 3.29. The van der Waals surface area contributed by atoms with Gasteiger partial charge in [0.1, 0.15) is 5.75 Å². The minimum absolute atomic E-state index is 0.119. The number of ether oxygens (including phenoxy) is 1. The molecule has 0 bridgehead atoms. The molecule has 25 heavy (non-hydrogen) atoms. The van der Waals surface area contributed by atoms with E-state index in [1.807, 2.05) is 6.92 Å². The monoisotopic (exact) mass is 362 g/mol. The van der Waals surface area contributed by atoms with Crippen LogP contribution in [0.1, 0.15) is 29.3 Å². The largest absolute Gasteiger partial charge is 0.497 e. The summed E-state index contributed by atoms with van der Waals surface area (Å²) >= 11 is 0. The molecule has 0 aromatic heterocycles. The summed E-state index contributed by atoms with van der Waals surface area (Å²) in [6.07, 6.45) is 0.828. The summed E-state index contributed by atoms with van der Waals surface area (Å²) in [5, 5.41) is 2.77. The van der Waals surface area contributed by atoms with Crippen molar-refractivity contribution in [1.29, 1.82) is 0 Å². The molecule has 7 heteroatoms. The standard InChI is InChI=1S/C18H22N2O4S/c1-4-11-19-18(21)14-6-5-13(2)17(12-14)20-25(22,23)16-9-7-15(24-3)8-10-16/h5-10,12,20H,4,11H2,1-3H3,(H,19,21). The van der Waals surface area contributed by atoms with Gasteiger partial charge in [0.05, 0.1) is 17.7 Å². The first-order chi connectivity index (χ1) is 11.9. The third-order valence-electron chi connectivity index (χ3n) is 3.65. The average Bonchev–Trinajstić information content (AvgIpc) is 2.61. The molecule has 0 radical (unpaired) electrons. The maximum atomic E-state index is 12.6. The third kappa shape index (κ3) is 4.73. The van der Waals surface area contributed by atoms with Gasteiger partial charge in [-0.15, -0.1) is 0 Å². The van der Waals surface area contributed by atoms with Gasteiger partial charge in [-0.2, -0.15) is 0 Å². The Morgan fingerprint density at radius 2 is 1.80 bits per heavy atom. The van der Waals surface area contributed by atoms with Gasteiger partial charge in [-0.1, -0.05) is 13.0 Å². The predicted octanol–water partition coefficient (Wildman–Crippen LogP) is 2.94. The number of hydrogen-bond donors (Lipinski definition) is 2. The van der Waals surface area contributed by atoms with Crippen LogP contribution in [0.15, 0.2) is 47.4 Å². The van der Waals surface area contributed by atoms with Crippen molar-refractivity contribution in [2.24, 2.45) is 0 Å². The number of carbonyl (C=O) groups is 1. The zero-order valence-electron chi connectivity index (χ0n) is 14.5. The highest BCUT2D eigenvalue weighted by Gasteiger charge is 2.16. The number of nitrogens with one attached hydrogen (secondary N) is 2. The number of sulfonamides is 1. The van der Waals surface area contributed by atoms with Gasteiger partial charge in [0.2, 0.25) is 0 Å². The fourth-order valence-electron chi connectivity index (χ4n) is 2.17. The maximum absolute atomic E-state index is 12.6. The van der Waals surface area contributed by atoms with E-state index < -0.39 is 10.0 Å². The second-order valence-electron chi connectivity index (χ2n) is 5.57. The topological polar surface area (TPSA) is 84.5 Å². The van der Waals surface area contributed by atoms with Gasteiger partial charge in [-0.3, -0.25) is 9.52 Å². The number of methoxy groups -OCH3 is 1. The van der Waals surface area contributed by atoms with Crippen molar-refractivity contribution in [2.75, 3.05) is 18.4 Å². The van der Waals surface area contributed by atoms with Crippen LogP contribution in [0, 0.1) is 6.92 Å². The Morgan fingerprint density at radius 3 is 2.40 bits per heavy atom. The second-order valence-corrected chi connectivity index (χ2v) is 7.25. The van der Waals surface area contributed by atoms with Crippen molar-refractivity contribution < 1.29 is 17.9 Å². The number of amides is 1. The Labute approximate surface area is 148 Å². The first-order valence-corrected chi connectivity index (χ1v) is 9.41. The van der Waals surface area contributed by atoms with Gasteiger partial charge in [-0.25, -0.2) is 8.42 Å². The van der Waals surface area contributed by atoms with E-state index in [2.05, 4.69) is 10.0 Å². The molecule has 0 heterocycles. The molecule has 2 aromatic carbocycles. The summed E-state index contributed by atoms with van der Waals surface area (Å²) in [7, 11) is -2.24. The summed E-state index contributed by atoms with van der Waals surface area (Å²) in [5.74, 6) is 0.344. The highest BCUT2D eigenvalue weighted by Crippen LogP contribution is 2.22. The molecular weight excluding hydrogens is 340 g/mol. The smallest absolute Gasteiger partial charge is 0.261 e. The van der Waals surface area contributed by atoms with Gasteiger partial charge in [0, 0.05) is 12.1 Å². The zero-order valence-corrected chi connectivity index (χ0v) is 15.3. The second kappa shape index (κ2) is 8.02. The Hall–Kier alpha value is -2.54. The van der Waals surface area contributed by atoms with E-state index in [1.165, 1.54) is 19.2 Å². The molecule has 2 N–H and O–H groups in total. The molecule has 2 aromatic rings. The van der Waals surface area contributed by atoms with Crippen molar-refractivity contribution in [3.63, 3.8) is 0 Å². The molecule has 0 unspecified atom stereocenters. The lowest BCUT2D eigenvalue weighted by atomic mass is 10.1. The van der Waals surface area contributed by atoms with Crippen LogP contribution in [0.25, 0.3) is 0 Å². The fraction of sp³-hybridized carbons (Fsp3) is 0.278. The van der Waals surface area contributed by atoms with E-state index in [0.717, 1.165) is 12.0 Å². The highest BCUT2D eigenvalue weighted by atomic mass is 32.2. The van der Waals surface area contributed by atoms with Crippen LogP contribution in [0.2, 0.25) is 0 Å². The van der Waals surface area contributed by atoms with Gasteiger partial charge in [-0.05, 0) is 55.3 Å². The molecule has 0 aliphatic heterocycles. The van der Waals surface area contributed by atoms with Gasteiger partial charge in [0.15, 0.2) is 0 Å². The third-order valence-corrected chi connectivity index (χ3v) is 5.03. The number of hydrogen-bond acceptors (Lipinski definition) is 4. The molecule has 0 spiro atoms. The molecule has 0 atom stereocenters. The van der Waals surface area contributed by atoms with Crippen molar-refractivity contribution >= 4 is 21.6 Å². The Morgan fingerprint density at radius 1 is 1.12 bits per heavy atom. The zero-order chi connectivity index (χ0) is 18.4. The minimum Gasteiger partial charge on any atom is -0.497 e. The van der Waals surface area contributed by atoms with E-state index in [1.54, 1.807) is 37.3 Å². The molecular formula is C18H22N2O4S. The van der Waals surface area contributed by atoms with Gasteiger partial charge >= 0.3 is 0 Å². The molecule has 0 saturated carbocycles. The SMILES string of the molecule is CCCNC(=O)c1ccc(C)c(NS(=O)(=O)c2ccc(OC)cc2)c1. The molecule has 0 aliphatic carbocycles. The van der Waals surface area contributed by atoms with Crippen LogP contribution >= 0.6 is 0 Å².